The van der Waals surface area contributed by atoms with E-state index in [1.807, 2.05) is 30.3 Å². The van der Waals surface area contributed by atoms with Crippen LogP contribution in [0.2, 0.25) is 0 Å². The zero-order valence-electron chi connectivity index (χ0n) is 9.97. The number of nitrogens with zero attached hydrogens (tertiary/aromatic N) is 1. The minimum absolute atomic E-state index is 0.0178. The molecule has 0 bridgehead atoms. The lowest BCUT2D eigenvalue weighted by Gasteiger charge is -2.07. The van der Waals surface area contributed by atoms with Gasteiger partial charge in [-0.2, -0.15) is 0 Å². The molecule has 88 valence electrons. The fourth-order valence-electron chi connectivity index (χ4n) is 1.41. The summed E-state index contributed by atoms with van der Waals surface area (Å²) in [5, 5.41) is 3.87. The van der Waals surface area contributed by atoms with Crippen LogP contribution in [-0.2, 0) is 11.4 Å². The monoisotopic (exact) mass is 220 g/mol. The first-order valence-electron chi connectivity index (χ1n) is 5.63. The maximum Gasteiger partial charge on any atom is 0.142 e. The second-order valence-electron chi connectivity index (χ2n) is 4.31. The third-order valence-corrected chi connectivity index (χ3v) is 2.14. The molecule has 3 nitrogen and oxygen atoms in total. The van der Waals surface area contributed by atoms with Crippen molar-refractivity contribution < 1.29 is 4.84 Å². The SMILES string of the molecule is CC(C)C[C@H](N)C=NOCc1ccccc1. The van der Waals surface area contributed by atoms with E-state index in [0.717, 1.165) is 12.0 Å². The van der Waals surface area contributed by atoms with Gasteiger partial charge in [-0.1, -0.05) is 49.3 Å². The normalized spacial score (nSPS) is 13.2. The minimum Gasteiger partial charge on any atom is -0.391 e. The van der Waals surface area contributed by atoms with Crippen molar-refractivity contribution in [2.75, 3.05) is 0 Å². The molecule has 1 aromatic rings. The number of nitrogens with two attached hydrogens (primary N) is 1. The summed E-state index contributed by atoms with van der Waals surface area (Å²) < 4.78 is 0. The van der Waals surface area contributed by atoms with Crippen LogP contribution in [0.25, 0.3) is 0 Å². The van der Waals surface area contributed by atoms with Crippen LogP contribution in [-0.4, -0.2) is 12.3 Å². The summed E-state index contributed by atoms with van der Waals surface area (Å²) in [5.41, 5.74) is 6.93. The third kappa shape index (κ3) is 5.51. The zero-order valence-corrected chi connectivity index (χ0v) is 9.97. The van der Waals surface area contributed by atoms with E-state index in [1.165, 1.54) is 0 Å². The molecule has 0 aliphatic rings. The van der Waals surface area contributed by atoms with E-state index in [2.05, 4.69) is 19.0 Å². The van der Waals surface area contributed by atoms with Gasteiger partial charge >= 0.3 is 0 Å². The predicted molar refractivity (Wildman–Crippen MR) is 67.2 cm³/mol. The molecule has 0 aliphatic heterocycles. The Balaban J connectivity index is 2.22. The molecule has 0 spiro atoms. The average molecular weight is 220 g/mol. The lowest BCUT2D eigenvalue weighted by atomic mass is 10.1. The summed E-state index contributed by atoms with van der Waals surface area (Å²) in [5.74, 6) is 0.579. The molecule has 1 rings (SSSR count). The molecule has 0 radical (unpaired) electrons. The van der Waals surface area contributed by atoms with Gasteiger partial charge in [0.15, 0.2) is 0 Å². The van der Waals surface area contributed by atoms with Crippen LogP contribution in [0, 0.1) is 5.92 Å². The largest absolute Gasteiger partial charge is 0.391 e. The average Bonchev–Trinajstić information content (AvgIpc) is 2.25. The van der Waals surface area contributed by atoms with Crippen molar-refractivity contribution in [3.05, 3.63) is 35.9 Å². The van der Waals surface area contributed by atoms with E-state index < -0.39 is 0 Å². The van der Waals surface area contributed by atoms with Gasteiger partial charge in [-0.25, -0.2) is 0 Å². The molecule has 0 aliphatic carbocycles. The van der Waals surface area contributed by atoms with E-state index in [1.54, 1.807) is 6.21 Å². The highest BCUT2D eigenvalue weighted by Crippen LogP contribution is 2.02. The molecule has 1 aromatic carbocycles. The Bertz CT molecular complexity index is 309. The van der Waals surface area contributed by atoms with Gasteiger partial charge in [0, 0.05) is 6.04 Å². The molecule has 0 unspecified atom stereocenters. The lowest BCUT2D eigenvalue weighted by Crippen LogP contribution is -2.23. The van der Waals surface area contributed by atoms with E-state index in [4.69, 9.17) is 10.6 Å². The molecule has 0 saturated heterocycles. The maximum absolute atomic E-state index is 5.82. The van der Waals surface area contributed by atoms with Crippen LogP contribution < -0.4 is 5.73 Å². The molecule has 2 N–H and O–H groups in total. The first-order chi connectivity index (χ1) is 7.68. The molecule has 3 heteroatoms. The molecule has 0 heterocycles. The Kier molecular flexibility index (Phi) is 5.57. The van der Waals surface area contributed by atoms with Crippen molar-refractivity contribution in [1.82, 2.24) is 0 Å². The Morgan fingerprint density at radius 1 is 1.31 bits per heavy atom. The smallest absolute Gasteiger partial charge is 0.142 e. The van der Waals surface area contributed by atoms with Gasteiger partial charge in [0.05, 0.1) is 6.21 Å². The van der Waals surface area contributed by atoms with Gasteiger partial charge in [0.2, 0.25) is 0 Å². The predicted octanol–water partition coefficient (Wildman–Crippen LogP) is 2.56. The molecule has 0 fully saturated rings. The van der Waals surface area contributed by atoms with E-state index in [9.17, 15) is 0 Å². The standard InChI is InChI=1S/C13H20N2O/c1-11(2)8-13(14)9-15-16-10-12-6-4-3-5-7-12/h3-7,9,11,13H,8,10,14H2,1-2H3/t13-/m0/s1. The summed E-state index contributed by atoms with van der Waals surface area (Å²) in [4.78, 5) is 5.16. The third-order valence-electron chi connectivity index (χ3n) is 2.14. The van der Waals surface area contributed by atoms with Gasteiger partial charge in [0.25, 0.3) is 0 Å². The fourth-order valence-corrected chi connectivity index (χ4v) is 1.41. The van der Waals surface area contributed by atoms with Crippen molar-refractivity contribution in [3.8, 4) is 0 Å². The minimum atomic E-state index is -0.0178. The van der Waals surface area contributed by atoms with Crippen LogP contribution in [0.1, 0.15) is 25.8 Å². The lowest BCUT2D eigenvalue weighted by molar-refractivity contribution is 0.131. The van der Waals surface area contributed by atoms with Crippen molar-refractivity contribution in [3.63, 3.8) is 0 Å². The van der Waals surface area contributed by atoms with Crippen molar-refractivity contribution in [2.24, 2.45) is 16.8 Å². The van der Waals surface area contributed by atoms with E-state index >= 15 is 0 Å². The molecular formula is C13H20N2O. The Morgan fingerprint density at radius 3 is 2.62 bits per heavy atom. The van der Waals surface area contributed by atoms with Gasteiger partial charge in [-0.3, -0.25) is 0 Å². The molecule has 0 aromatic heterocycles. The second kappa shape index (κ2) is 7.01. The quantitative estimate of drug-likeness (QED) is 0.591. The zero-order chi connectivity index (χ0) is 11.8. The van der Waals surface area contributed by atoms with Gasteiger partial charge < -0.3 is 10.6 Å². The summed E-state index contributed by atoms with van der Waals surface area (Å²) in [6, 6.07) is 9.92. The number of hydrogen-bond donors (Lipinski definition) is 1. The first-order valence-corrected chi connectivity index (χ1v) is 5.63. The van der Waals surface area contributed by atoms with Gasteiger partial charge in [-0.05, 0) is 17.9 Å². The Morgan fingerprint density at radius 2 is 2.00 bits per heavy atom. The Hall–Kier alpha value is -1.35. The summed E-state index contributed by atoms with van der Waals surface area (Å²) in [6.07, 6.45) is 2.60. The summed E-state index contributed by atoms with van der Waals surface area (Å²) in [7, 11) is 0. The van der Waals surface area contributed by atoms with E-state index in [-0.39, 0.29) is 6.04 Å². The number of hydrogen-bond acceptors (Lipinski definition) is 3. The highest BCUT2D eigenvalue weighted by molar-refractivity contribution is 5.63. The van der Waals surface area contributed by atoms with Crippen LogP contribution in [0.15, 0.2) is 35.5 Å². The first kappa shape index (κ1) is 12.7. The number of benzene rings is 1. The number of oxime groups is 1. The molecule has 1 atom stereocenters. The van der Waals surface area contributed by atoms with Gasteiger partial charge in [0.1, 0.15) is 6.61 Å². The highest BCUT2D eigenvalue weighted by Gasteiger charge is 2.01. The van der Waals surface area contributed by atoms with Crippen LogP contribution in [0.5, 0.6) is 0 Å². The van der Waals surface area contributed by atoms with Crippen molar-refractivity contribution in [2.45, 2.75) is 32.9 Å². The topological polar surface area (TPSA) is 47.6 Å². The van der Waals surface area contributed by atoms with Crippen molar-refractivity contribution in [1.29, 1.82) is 0 Å². The summed E-state index contributed by atoms with van der Waals surface area (Å²) >= 11 is 0. The summed E-state index contributed by atoms with van der Waals surface area (Å²) in [6.45, 7) is 4.77. The fraction of sp³-hybridized carbons (Fsp3) is 0.462. The molecular weight excluding hydrogens is 200 g/mol. The molecule has 0 saturated carbocycles. The van der Waals surface area contributed by atoms with Crippen LogP contribution in [0.4, 0.5) is 0 Å². The second-order valence-corrected chi connectivity index (χ2v) is 4.31. The van der Waals surface area contributed by atoms with Crippen LogP contribution in [0.3, 0.4) is 0 Å². The van der Waals surface area contributed by atoms with E-state index in [0.29, 0.717) is 12.5 Å². The van der Waals surface area contributed by atoms with Crippen LogP contribution >= 0.6 is 0 Å². The highest BCUT2D eigenvalue weighted by atomic mass is 16.6. The van der Waals surface area contributed by atoms with Crippen molar-refractivity contribution >= 4 is 6.21 Å². The molecule has 0 amide bonds. The maximum atomic E-state index is 5.82. The van der Waals surface area contributed by atoms with Gasteiger partial charge in [-0.15, -0.1) is 0 Å². The molecule has 16 heavy (non-hydrogen) atoms. The Labute approximate surface area is 97.3 Å². The number of rotatable bonds is 6.